The van der Waals surface area contributed by atoms with Crippen molar-refractivity contribution in [1.82, 2.24) is 9.55 Å². The summed E-state index contributed by atoms with van der Waals surface area (Å²) in [5.41, 5.74) is 6.62. The fraction of sp³-hybridized carbons (Fsp3) is 0.667. The first-order valence-electron chi connectivity index (χ1n) is 4.37. The van der Waals surface area contributed by atoms with E-state index in [1.54, 1.807) is 0 Å². The first-order chi connectivity index (χ1) is 5.65. The highest BCUT2D eigenvalue weighted by Crippen LogP contribution is 2.12. The molecule has 68 valence electrons. The van der Waals surface area contributed by atoms with Gasteiger partial charge < -0.3 is 10.3 Å². The van der Waals surface area contributed by atoms with Gasteiger partial charge in [0.2, 0.25) is 0 Å². The van der Waals surface area contributed by atoms with Crippen LogP contribution >= 0.6 is 0 Å². The van der Waals surface area contributed by atoms with E-state index in [9.17, 15) is 0 Å². The van der Waals surface area contributed by atoms with Gasteiger partial charge in [0.1, 0.15) is 5.82 Å². The Morgan fingerprint density at radius 2 is 2.25 bits per heavy atom. The monoisotopic (exact) mass is 167 g/mol. The molecule has 0 atom stereocenters. The fourth-order valence-corrected chi connectivity index (χ4v) is 1.17. The lowest BCUT2D eigenvalue weighted by Gasteiger charge is -1.96. The van der Waals surface area contributed by atoms with Crippen molar-refractivity contribution >= 4 is 0 Å². The second-order valence-corrected chi connectivity index (χ2v) is 3.39. The highest BCUT2D eigenvalue weighted by atomic mass is 15.0. The molecule has 1 aromatic rings. The van der Waals surface area contributed by atoms with Crippen LogP contribution in [-0.2, 0) is 13.5 Å². The van der Waals surface area contributed by atoms with Gasteiger partial charge in [0.05, 0.1) is 5.69 Å². The summed E-state index contributed by atoms with van der Waals surface area (Å²) < 4.78 is 2.06. The van der Waals surface area contributed by atoms with E-state index in [0.29, 0.717) is 12.5 Å². The molecule has 0 aliphatic carbocycles. The van der Waals surface area contributed by atoms with Gasteiger partial charge in [-0.1, -0.05) is 13.8 Å². The molecule has 0 aliphatic heterocycles. The second kappa shape index (κ2) is 3.72. The smallest absolute Gasteiger partial charge is 0.109 e. The van der Waals surface area contributed by atoms with Crippen LogP contribution in [0.1, 0.15) is 31.3 Å². The zero-order valence-electron chi connectivity index (χ0n) is 8.04. The maximum Gasteiger partial charge on any atom is 0.109 e. The van der Waals surface area contributed by atoms with Crippen LogP contribution in [-0.4, -0.2) is 16.1 Å². The molecule has 0 spiro atoms. The molecule has 3 nitrogen and oxygen atoms in total. The largest absolute Gasteiger partial charge is 0.338 e. The molecule has 0 bridgehead atoms. The Balaban J connectivity index is 2.85. The molecule has 0 unspecified atom stereocenters. The zero-order valence-corrected chi connectivity index (χ0v) is 8.04. The average molecular weight is 167 g/mol. The van der Waals surface area contributed by atoms with Gasteiger partial charge in [-0.25, -0.2) is 4.98 Å². The molecule has 0 saturated carbocycles. The molecule has 1 aromatic heterocycles. The summed E-state index contributed by atoms with van der Waals surface area (Å²) >= 11 is 0. The van der Waals surface area contributed by atoms with E-state index in [1.165, 1.54) is 0 Å². The van der Waals surface area contributed by atoms with E-state index in [1.807, 2.05) is 7.05 Å². The van der Waals surface area contributed by atoms with E-state index in [-0.39, 0.29) is 0 Å². The SMILES string of the molecule is CC(C)c1cn(C)c(CCN)n1. The topological polar surface area (TPSA) is 43.8 Å². The fourth-order valence-electron chi connectivity index (χ4n) is 1.17. The average Bonchev–Trinajstić information content (AvgIpc) is 2.34. The van der Waals surface area contributed by atoms with Gasteiger partial charge in [0.25, 0.3) is 0 Å². The third kappa shape index (κ3) is 1.85. The van der Waals surface area contributed by atoms with E-state index < -0.39 is 0 Å². The molecule has 0 radical (unpaired) electrons. The molecule has 0 amide bonds. The van der Waals surface area contributed by atoms with Gasteiger partial charge in [-0.3, -0.25) is 0 Å². The Hall–Kier alpha value is -0.830. The molecule has 1 heterocycles. The van der Waals surface area contributed by atoms with Crippen LogP contribution in [0.15, 0.2) is 6.20 Å². The highest BCUT2D eigenvalue weighted by molar-refractivity contribution is 5.07. The summed E-state index contributed by atoms with van der Waals surface area (Å²) in [6.07, 6.45) is 2.94. The molecule has 0 saturated heterocycles. The molecule has 0 fully saturated rings. The normalized spacial score (nSPS) is 11.1. The lowest BCUT2D eigenvalue weighted by atomic mass is 10.2. The van der Waals surface area contributed by atoms with Crippen LogP contribution in [0.5, 0.6) is 0 Å². The minimum Gasteiger partial charge on any atom is -0.338 e. The Bertz CT molecular complexity index is 250. The lowest BCUT2D eigenvalue weighted by Crippen LogP contribution is -2.07. The highest BCUT2D eigenvalue weighted by Gasteiger charge is 2.06. The summed E-state index contributed by atoms with van der Waals surface area (Å²) in [6.45, 7) is 4.96. The van der Waals surface area contributed by atoms with Crippen molar-refractivity contribution < 1.29 is 0 Å². The van der Waals surface area contributed by atoms with Crippen LogP contribution in [0.25, 0.3) is 0 Å². The first-order valence-corrected chi connectivity index (χ1v) is 4.37. The summed E-state index contributed by atoms with van der Waals surface area (Å²) in [4.78, 5) is 4.48. The number of rotatable bonds is 3. The maximum atomic E-state index is 5.46. The molecule has 2 N–H and O–H groups in total. The van der Waals surface area contributed by atoms with Gasteiger partial charge in [0, 0.05) is 19.7 Å². The van der Waals surface area contributed by atoms with Gasteiger partial charge >= 0.3 is 0 Å². The van der Waals surface area contributed by atoms with Crippen molar-refractivity contribution in [2.24, 2.45) is 12.8 Å². The first kappa shape index (κ1) is 9.26. The predicted molar refractivity (Wildman–Crippen MR) is 50.1 cm³/mol. The Morgan fingerprint density at radius 3 is 2.67 bits per heavy atom. The summed E-state index contributed by atoms with van der Waals surface area (Å²) in [5.74, 6) is 1.59. The van der Waals surface area contributed by atoms with Crippen molar-refractivity contribution in [1.29, 1.82) is 0 Å². The van der Waals surface area contributed by atoms with Crippen LogP contribution in [0.4, 0.5) is 0 Å². The number of hydrogen-bond acceptors (Lipinski definition) is 2. The predicted octanol–water partition coefficient (Wildman–Crippen LogP) is 1.04. The van der Waals surface area contributed by atoms with E-state index in [0.717, 1.165) is 17.9 Å². The number of nitrogens with zero attached hydrogens (tertiary/aromatic N) is 2. The molecular formula is C9H17N3. The Morgan fingerprint density at radius 1 is 1.58 bits per heavy atom. The number of hydrogen-bond donors (Lipinski definition) is 1. The van der Waals surface area contributed by atoms with Gasteiger partial charge in [-0.2, -0.15) is 0 Å². The van der Waals surface area contributed by atoms with Crippen LogP contribution in [0.2, 0.25) is 0 Å². The van der Waals surface area contributed by atoms with Crippen LogP contribution in [0, 0.1) is 0 Å². The van der Waals surface area contributed by atoms with Crippen molar-refractivity contribution in [3.8, 4) is 0 Å². The Labute approximate surface area is 73.6 Å². The Kier molecular flexibility index (Phi) is 2.87. The summed E-state index contributed by atoms with van der Waals surface area (Å²) in [5, 5.41) is 0. The molecule has 0 aliphatic rings. The van der Waals surface area contributed by atoms with E-state index in [2.05, 4.69) is 29.6 Å². The minimum atomic E-state index is 0.503. The molecule has 1 rings (SSSR count). The van der Waals surface area contributed by atoms with Crippen molar-refractivity contribution in [2.45, 2.75) is 26.2 Å². The van der Waals surface area contributed by atoms with Crippen molar-refractivity contribution in [3.63, 3.8) is 0 Å². The maximum absolute atomic E-state index is 5.46. The number of aromatic nitrogens is 2. The van der Waals surface area contributed by atoms with Gasteiger partial charge in [-0.15, -0.1) is 0 Å². The number of nitrogens with two attached hydrogens (primary N) is 1. The number of aryl methyl sites for hydroxylation is 1. The summed E-state index contributed by atoms with van der Waals surface area (Å²) in [6, 6.07) is 0. The lowest BCUT2D eigenvalue weighted by molar-refractivity contribution is 0.775. The molecule has 0 aromatic carbocycles. The molecule has 3 heteroatoms. The molecular weight excluding hydrogens is 150 g/mol. The van der Waals surface area contributed by atoms with Crippen LogP contribution < -0.4 is 5.73 Å². The van der Waals surface area contributed by atoms with Crippen LogP contribution in [0.3, 0.4) is 0 Å². The zero-order chi connectivity index (χ0) is 9.14. The minimum absolute atomic E-state index is 0.503. The van der Waals surface area contributed by atoms with E-state index in [4.69, 9.17) is 5.73 Å². The third-order valence-corrected chi connectivity index (χ3v) is 1.95. The van der Waals surface area contributed by atoms with Gasteiger partial charge in [-0.05, 0) is 12.5 Å². The van der Waals surface area contributed by atoms with Crippen molar-refractivity contribution in [3.05, 3.63) is 17.7 Å². The van der Waals surface area contributed by atoms with E-state index >= 15 is 0 Å². The molecule has 12 heavy (non-hydrogen) atoms. The second-order valence-electron chi connectivity index (χ2n) is 3.39. The summed E-state index contributed by atoms with van der Waals surface area (Å²) in [7, 11) is 2.02. The standard InChI is InChI=1S/C9H17N3/c1-7(2)8-6-12(3)9(11-8)4-5-10/h6-7H,4-5,10H2,1-3H3. The van der Waals surface area contributed by atoms with Crippen molar-refractivity contribution in [2.75, 3.05) is 6.54 Å². The quantitative estimate of drug-likeness (QED) is 0.731. The third-order valence-electron chi connectivity index (χ3n) is 1.95. The van der Waals surface area contributed by atoms with Gasteiger partial charge in [0.15, 0.2) is 0 Å². The number of imidazole rings is 1.